The average Bonchev–Trinajstić information content (AvgIpc) is 1.86. The van der Waals surface area contributed by atoms with Gasteiger partial charge in [0, 0.05) is 12.6 Å². The van der Waals surface area contributed by atoms with Gasteiger partial charge in [0.2, 0.25) is 0 Å². The highest BCUT2D eigenvalue weighted by Gasteiger charge is 2.19. The second-order valence-electron chi connectivity index (χ2n) is 3.28. The van der Waals surface area contributed by atoms with Crippen LogP contribution in [0.25, 0.3) is 0 Å². The van der Waals surface area contributed by atoms with Gasteiger partial charge in [-0.05, 0) is 20.3 Å². The lowest BCUT2D eigenvalue weighted by molar-refractivity contribution is 0.245. The topological polar surface area (TPSA) is 3.24 Å². The fourth-order valence-corrected chi connectivity index (χ4v) is 1.22. The van der Waals surface area contributed by atoms with E-state index in [0.29, 0.717) is 0 Å². The Bertz CT molecular complexity index is 110. The van der Waals surface area contributed by atoms with E-state index in [-0.39, 0.29) is 5.54 Å². The predicted octanol–water partition coefficient (Wildman–Crippen LogP) is 2.45. The molecule has 0 aromatic heterocycles. The minimum atomic E-state index is 0.233. The van der Waals surface area contributed by atoms with Crippen molar-refractivity contribution in [3.8, 4) is 0 Å². The van der Waals surface area contributed by atoms with Crippen molar-refractivity contribution in [1.82, 2.24) is 4.90 Å². The Balaban J connectivity index is 3.94. The maximum Gasteiger partial charge on any atom is 0.0642 e. The summed E-state index contributed by atoms with van der Waals surface area (Å²) >= 11 is 4.84. The van der Waals surface area contributed by atoms with Gasteiger partial charge in [-0.25, -0.2) is 0 Å². The van der Waals surface area contributed by atoms with Crippen LogP contribution in [0.2, 0.25) is 0 Å². The van der Waals surface area contributed by atoms with E-state index in [1.165, 1.54) is 12.8 Å². The van der Waals surface area contributed by atoms with Crippen LogP contribution in [-0.2, 0) is 0 Å². The lowest BCUT2D eigenvalue weighted by Gasteiger charge is -2.33. The predicted molar refractivity (Wildman–Crippen MR) is 50.4 cm³/mol. The molecule has 0 rings (SSSR count). The zero-order valence-electron chi connectivity index (χ0n) is 7.35. The zero-order chi connectivity index (χ0) is 8.20. The highest BCUT2D eigenvalue weighted by atomic mass is 32.1. The molecule has 0 N–H and O–H groups in total. The molecule has 0 aromatic carbocycles. The lowest BCUT2D eigenvalue weighted by Crippen LogP contribution is -2.39. The van der Waals surface area contributed by atoms with Crippen molar-refractivity contribution in [3.05, 3.63) is 0 Å². The summed E-state index contributed by atoms with van der Waals surface area (Å²) in [6, 6.07) is 0. The molecule has 0 radical (unpaired) electrons. The number of hydrogen-bond donors (Lipinski definition) is 0. The summed E-state index contributed by atoms with van der Waals surface area (Å²) in [5.74, 6) is 0. The molecule has 0 aliphatic carbocycles. The Morgan fingerprint density at radius 2 is 2.00 bits per heavy atom. The Kier molecular flexibility index (Phi) is 3.87. The Labute approximate surface area is 69.4 Å². The third-order valence-electron chi connectivity index (χ3n) is 1.97. The van der Waals surface area contributed by atoms with E-state index in [4.69, 9.17) is 12.2 Å². The summed E-state index contributed by atoms with van der Waals surface area (Å²) < 4.78 is 0. The van der Waals surface area contributed by atoms with Gasteiger partial charge in [0.15, 0.2) is 0 Å². The van der Waals surface area contributed by atoms with Gasteiger partial charge in [-0.2, -0.15) is 0 Å². The fraction of sp³-hybridized carbons (Fsp3) is 0.875. The van der Waals surface area contributed by atoms with E-state index >= 15 is 0 Å². The first kappa shape index (κ1) is 9.89. The largest absolute Gasteiger partial charge is 0.367 e. The van der Waals surface area contributed by atoms with Crippen molar-refractivity contribution >= 4 is 17.7 Å². The summed E-state index contributed by atoms with van der Waals surface area (Å²) in [5, 5.41) is 0. The summed E-state index contributed by atoms with van der Waals surface area (Å²) in [7, 11) is 2.03. The van der Waals surface area contributed by atoms with E-state index in [1.807, 2.05) is 7.05 Å². The van der Waals surface area contributed by atoms with Crippen LogP contribution in [0.5, 0.6) is 0 Å². The van der Waals surface area contributed by atoms with Crippen LogP contribution >= 0.6 is 12.2 Å². The normalized spacial score (nSPS) is 11.2. The number of thiocarbonyl (C=S) groups is 1. The Morgan fingerprint density at radius 3 is 2.30 bits per heavy atom. The van der Waals surface area contributed by atoms with Gasteiger partial charge in [0.25, 0.3) is 0 Å². The number of nitrogens with zero attached hydrogens (tertiary/aromatic N) is 1. The third-order valence-corrected chi connectivity index (χ3v) is 2.29. The molecular weight excluding hydrogens is 142 g/mol. The summed E-state index contributed by atoms with van der Waals surface area (Å²) in [5.41, 5.74) is 1.95. The summed E-state index contributed by atoms with van der Waals surface area (Å²) in [4.78, 5) is 2.09. The second-order valence-corrected chi connectivity index (χ2v) is 3.49. The minimum Gasteiger partial charge on any atom is -0.367 e. The SMILES string of the molecule is CCCC(C)(C)N(C)C=S. The van der Waals surface area contributed by atoms with Crippen molar-refractivity contribution in [2.45, 2.75) is 39.2 Å². The van der Waals surface area contributed by atoms with Crippen LogP contribution in [0.1, 0.15) is 33.6 Å². The molecule has 0 aliphatic rings. The van der Waals surface area contributed by atoms with Crippen LogP contribution in [-0.4, -0.2) is 23.0 Å². The van der Waals surface area contributed by atoms with Crippen molar-refractivity contribution in [2.24, 2.45) is 0 Å². The molecule has 0 bridgehead atoms. The zero-order valence-corrected chi connectivity index (χ0v) is 8.16. The molecule has 0 amide bonds. The first-order valence-corrected chi connectivity index (χ1v) is 4.20. The van der Waals surface area contributed by atoms with Crippen LogP contribution in [0, 0.1) is 0 Å². The molecule has 0 saturated heterocycles. The molecule has 0 atom stereocenters. The first-order valence-electron chi connectivity index (χ1n) is 3.73. The van der Waals surface area contributed by atoms with Crippen LogP contribution in [0.4, 0.5) is 0 Å². The molecule has 0 fully saturated rings. The van der Waals surface area contributed by atoms with Crippen molar-refractivity contribution in [1.29, 1.82) is 0 Å². The summed E-state index contributed by atoms with van der Waals surface area (Å²) in [6.45, 7) is 6.61. The first-order chi connectivity index (χ1) is 4.54. The van der Waals surface area contributed by atoms with Gasteiger partial charge in [-0.3, -0.25) is 0 Å². The van der Waals surface area contributed by atoms with Crippen molar-refractivity contribution < 1.29 is 0 Å². The van der Waals surface area contributed by atoms with Gasteiger partial charge in [0.05, 0.1) is 5.49 Å². The van der Waals surface area contributed by atoms with E-state index < -0.39 is 0 Å². The molecule has 1 nitrogen and oxygen atoms in total. The van der Waals surface area contributed by atoms with Crippen LogP contribution in [0.15, 0.2) is 0 Å². The smallest absolute Gasteiger partial charge is 0.0642 e. The molecule has 0 saturated carbocycles. The van der Waals surface area contributed by atoms with Gasteiger partial charge >= 0.3 is 0 Å². The van der Waals surface area contributed by atoms with E-state index in [0.717, 1.165) is 0 Å². The van der Waals surface area contributed by atoms with Gasteiger partial charge in [0.1, 0.15) is 0 Å². The fourth-order valence-electron chi connectivity index (χ4n) is 0.931. The van der Waals surface area contributed by atoms with Crippen LogP contribution in [0.3, 0.4) is 0 Å². The maximum atomic E-state index is 4.84. The van der Waals surface area contributed by atoms with E-state index in [9.17, 15) is 0 Å². The van der Waals surface area contributed by atoms with Gasteiger partial charge < -0.3 is 4.90 Å². The van der Waals surface area contributed by atoms with Crippen molar-refractivity contribution in [3.63, 3.8) is 0 Å². The molecule has 0 spiro atoms. The highest BCUT2D eigenvalue weighted by Crippen LogP contribution is 2.16. The molecule has 2 heteroatoms. The van der Waals surface area contributed by atoms with Gasteiger partial charge in [-0.15, -0.1) is 0 Å². The monoisotopic (exact) mass is 159 g/mol. The van der Waals surface area contributed by atoms with E-state index in [1.54, 1.807) is 5.49 Å². The minimum absolute atomic E-state index is 0.233. The number of hydrogen-bond acceptors (Lipinski definition) is 1. The molecule has 60 valence electrons. The van der Waals surface area contributed by atoms with Crippen molar-refractivity contribution in [2.75, 3.05) is 7.05 Å². The quantitative estimate of drug-likeness (QED) is 0.580. The molecule has 0 aromatic rings. The standard InChI is InChI=1S/C8H17NS/c1-5-6-8(2,3)9(4)7-10/h7H,5-6H2,1-4H3. The molecule has 10 heavy (non-hydrogen) atoms. The van der Waals surface area contributed by atoms with Gasteiger partial charge in [-0.1, -0.05) is 25.6 Å². The molecule has 0 unspecified atom stereocenters. The third kappa shape index (κ3) is 2.65. The number of rotatable bonds is 4. The Hall–Kier alpha value is -0.110. The molecule has 0 aliphatic heterocycles. The van der Waals surface area contributed by atoms with E-state index in [2.05, 4.69) is 25.7 Å². The molecule has 0 heterocycles. The highest BCUT2D eigenvalue weighted by molar-refractivity contribution is 7.78. The lowest BCUT2D eigenvalue weighted by atomic mass is 9.98. The maximum absolute atomic E-state index is 4.84. The molecular formula is C8H17NS. The van der Waals surface area contributed by atoms with Crippen LogP contribution < -0.4 is 0 Å². The average molecular weight is 159 g/mol. The Morgan fingerprint density at radius 1 is 1.50 bits per heavy atom. The summed E-state index contributed by atoms with van der Waals surface area (Å²) in [6.07, 6.45) is 2.40. The second kappa shape index (κ2) is 3.91.